The quantitative estimate of drug-likeness (QED) is 0.626. The lowest BCUT2D eigenvalue weighted by Gasteiger charge is -2.16. The lowest BCUT2D eigenvalue weighted by molar-refractivity contribution is 0.539. The van der Waals surface area contributed by atoms with Gasteiger partial charge in [0.1, 0.15) is 0 Å². The molecule has 0 aliphatic heterocycles. The topological polar surface area (TPSA) is 72.2 Å². The fraction of sp³-hybridized carbons (Fsp3) is 0.600. The molecule has 1 aromatic rings. The maximum atomic E-state index is 12.5. The van der Waals surface area contributed by atoms with E-state index in [1.807, 2.05) is 19.9 Å². The molecule has 1 rings (SSSR count). The van der Waals surface area contributed by atoms with Crippen molar-refractivity contribution in [3.05, 3.63) is 22.8 Å². The SMILES string of the molecule is Cc1cc(N)c(C)c(S(=O)(=O)NCCCC(C)C)c1C. The average Bonchev–Trinajstić information content (AvgIpc) is 2.32. The summed E-state index contributed by atoms with van der Waals surface area (Å²) in [4.78, 5) is 0.333. The molecular weight excluding hydrogens is 272 g/mol. The molecule has 0 aromatic heterocycles. The summed E-state index contributed by atoms with van der Waals surface area (Å²) in [6.07, 6.45) is 1.85. The third-order valence-electron chi connectivity index (χ3n) is 3.60. The first-order chi connectivity index (χ1) is 9.16. The maximum absolute atomic E-state index is 12.5. The Labute approximate surface area is 122 Å². The van der Waals surface area contributed by atoms with Crippen LogP contribution < -0.4 is 10.5 Å². The molecule has 0 spiro atoms. The summed E-state index contributed by atoms with van der Waals surface area (Å²) in [7, 11) is -3.49. The highest BCUT2D eigenvalue weighted by atomic mass is 32.2. The summed E-state index contributed by atoms with van der Waals surface area (Å²) >= 11 is 0. The second-order valence-electron chi connectivity index (χ2n) is 5.80. The van der Waals surface area contributed by atoms with Gasteiger partial charge in [0.15, 0.2) is 0 Å². The Morgan fingerprint density at radius 3 is 2.35 bits per heavy atom. The van der Waals surface area contributed by atoms with Crippen LogP contribution in [-0.2, 0) is 10.0 Å². The lowest BCUT2D eigenvalue weighted by Crippen LogP contribution is -2.27. The van der Waals surface area contributed by atoms with Gasteiger partial charge in [0.2, 0.25) is 10.0 Å². The highest BCUT2D eigenvalue weighted by Crippen LogP contribution is 2.27. The number of benzene rings is 1. The van der Waals surface area contributed by atoms with E-state index in [1.165, 1.54) is 0 Å². The van der Waals surface area contributed by atoms with E-state index in [1.54, 1.807) is 6.92 Å². The Hall–Kier alpha value is -1.07. The Bertz CT molecular complexity index is 552. The molecule has 5 heteroatoms. The number of rotatable bonds is 6. The first-order valence-corrected chi connectivity index (χ1v) is 8.51. The van der Waals surface area contributed by atoms with Crippen molar-refractivity contribution in [2.24, 2.45) is 5.92 Å². The third kappa shape index (κ3) is 3.96. The highest BCUT2D eigenvalue weighted by Gasteiger charge is 2.21. The normalized spacial score (nSPS) is 12.1. The van der Waals surface area contributed by atoms with Crippen LogP contribution >= 0.6 is 0 Å². The van der Waals surface area contributed by atoms with Crippen LogP contribution in [0.3, 0.4) is 0 Å². The number of aryl methyl sites for hydroxylation is 1. The molecule has 0 unspecified atom stereocenters. The highest BCUT2D eigenvalue weighted by molar-refractivity contribution is 7.89. The number of sulfonamides is 1. The second-order valence-corrected chi connectivity index (χ2v) is 7.50. The van der Waals surface area contributed by atoms with Gasteiger partial charge in [-0.25, -0.2) is 13.1 Å². The summed E-state index contributed by atoms with van der Waals surface area (Å²) in [5.41, 5.74) is 8.71. The monoisotopic (exact) mass is 298 g/mol. The van der Waals surface area contributed by atoms with Crippen LogP contribution in [0.1, 0.15) is 43.4 Å². The Balaban J connectivity index is 2.99. The van der Waals surface area contributed by atoms with Gasteiger partial charge in [-0.1, -0.05) is 13.8 Å². The van der Waals surface area contributed by atoms with Gasteiger partial charge in [-0.05, 0) is 62.3 Å². The molecule has 114 valence electrons. The summed E-state index contributed by atoms with van der Waals surface area (Å²) in [5.74, 6) is 0.581. The van der Waals surface area contributed by atoms with Gasteiger partial charge >= 0.3 is 0 Å². The average molecular weight is 298 g/mol. The minimum absolute atomic E-state index is 0.333. The number of anilines is 1. The van der Waals surface area contributed by atoms with E-state index in [-0.39, 0.29) is 0 Å². The first-order valence-electron chi connectivity index (χ1n) is 7.02. The molecule has 0 aliphatic rings. The predicted molar refractivity (Wildman–Crippen MR) is 84.3 cm³/mol. The number of nitrogen functional groups attached to an aromatic ring is 1. The Morgan fingerprint density at radius 1 is 1.20 bits per heavy atom. The smallest absolute Gasteiger partial charge is 0.241 e. The van der Waals surface area contributed by atoms with Gasteiger partial charge in [-0.15, -0.1) is 0 Å². The number of nitrogens with one attached hydrogen (secondary N) is 1. The van der Waals surface area contributed by atoms with Crippen LogP contribution in [0.2, 0.25) is 0 Å². The van der Waals surface area contributed by atoms with Crippen LogP contribution in [0, 0.1) is 26.7 Å². The van der Waals surface area contributed by atoms with E-state index in [2.05, 4.69) is 18.6 Å². The van der Waals surface area contributed by atoms with Crippen molar-refractivity contribution in [3.63, 3.8) is 0 Å². The zero-order chi connectivity index (χ0) is 15.5. The van der Waals surface area contributed by atoms with Gasteiger partial charge in [0.05, 0.1) is 4.90 Å². The van der Waals surface area contributed by atoms with Crippen LogP contribution in [0.25, 0.3) is 0 Å². The summed E-state index contributed by atoms with van der Waals surface area (Å²) in [6, 6.07) is 1.82. The van der Waals surface area contributed by atoms with Crippen LogP contribution in [0.15, 0.2) is 11.0 Å². The zero-order valence-corrected chi connectivity index (χ0v) is 13.9. The van der Waals surface area contributed by atoms with Gasteiger partial charge in [0, 0.05) is 12.2 Å². The van der Waals surface area contributed by atoms with Crippen molar-refractivity contribution in [2.45, 2.75) is 52.4 Å². The minimum atomic E-state index is -3.49. The van der Waals surface area contributed by atoms with Crippen molar-refractivity contribution in [2.75, 3.05) is 12.3 Å². The van der Waals surface area contributed by atoms with Crippen molar-refractivity contribution in [1.82, 2.24) is 4.72 Å². The molecule has 1 aromatic carbocycles. The second kappa shape index (κ2) is 6.59. The van der Waals surface area contributed by atoms with E-state index in [0.717, 1.165) is 24.0 Å². The minimum Gasteiger partial charge on any atom is -0.398 e. The van der Waals surface area contributed by atoms with E-state index in [4.69, 9.17) is 5.73 Å². The predicted octanol–water partition coefficient (Wildman–Crippen LogP) is 2.91. The van der Waals surface area contributed by atoms with Crippen LogP contribution in [0.5, 0.6) is 0 Å². The summed E-state index contributed by atoms with van der Waals surface area (Å²) in [5, 5.41) is 0. The molecule has 0 bridgehead atoms. The molecule has 0 fully saturated rings. The van der Waals surface area contributed by atoms with E-state index in [0.29, 0.717) is 28.6 Å². The lowest BCUT2D eigenvalue weighted by atomic mass is 10.1. The van der Waals surface area contributed by atoms with Crippen molar-refractivity contribution >= 4 is 15.7 Å². The molecule has 0 amide bonds. The molecule has 0 heterocycles. The van der Waals surface area contributed by atoms with Crippen molar-refractivity contribution < 1.29 is 8.42 Å². The molecule has 0 atom stereocenters. The van der Waals surface area contributed by atoms with Crippen molar-refractivity contribution in [1.29, 1.82) is 0 Å². The largest absolute Gasteiger partial charge is 0.398 e. The molecule has 0 aliphatic carbocycles. The Kier molecular flexibility index (Phi) is 5.59. The van der Waals surface area contributed by atoms with E-state index in [9.17, 15) is 8.42 Å². The van der Waals surface area contributed by atoms with Gasteiger partial charge in [-0.2, -0.15) is 0 Å². The first kappa shape index (κ1) is 17.0. The fourth-order valence-electron chi connectivity index (χ4n) is 2.23. The molecule has 3 N–H and O–H groups in total. The van der Waals surface area contributed by atoms with E-state index < -0.39 is 10.0 Å². The molecule has 4 nitrogen and oxygen atoms in total. The third-order valence-corrected chi connectivity index (χ3v) is 5.33. The van der Waals surface area contributed by atoms with Crippen molar-refractivity contribution in [3.8, 4) is 0 Å². The maximum Gasteiger partial charge on any atom is 0.241 e. The van der Waals surface area contributed by atoms with Gasteiger partial charge in [-0.3, -0.25) is 0 Å². The van der Waals surface area contributed by atoms with E-state index >= 15 is 0 Å². The number of hydrogen-bond donors (Lipinski definition) is 2. The molecule has 20 heavy (non-hydrogen) atoms. The van der Waals surface area contributed by atoms with Crippen LogP contribution in [0.4, 0.5) is 5.69 Å². The molecule has 0 radical (unpaired) electrons. The standard InChI is InChI=1S/C15H26N2O2S/c1-10(2)7-6-8-17-20(18,19)15-12(4)11(3)9-14(16)13(15)5/h9-10,17H,6-8,16H2,1-5H3. The summed E-state index contributed by atoms with van der Waals surface area (Å²) in [6.45, 7) is 10.2. The fourth-order valence-corrected chi connectivity index (χ4v) is 3.88. The summed E-state index contributed by atoms with van der Waals surface area (Å²) < 4.78 is 27.6. The number of nitrogens with two attached hydrogens (primary N) is 1. The Morgan fingerprint density at radius 2 is 1.80 bits per heavy atom. The van der Waals surface area contributed by atoms with Gasteiger partial charge in [0.25, 0.3) is 0 Å². The molecule has 0 saturated carbocycles. The molecule has 0 saturated heterocycles. The number of hydrogen-bond acceptors (Lipinski definition) is 3. The van der Waals surface area contributed by atoms with Crippen LogP contribution in [-0.4, -0.2) is 15.0 Å². The molecular formula is C15H26N2O2S. The van der Waals surface area contributed by atoms with Gasteiger partial charge < -0.3 is 5.73 Å². The zero-order valence-electron chi connectivity index (χ0n) is 13.1.